The van der Waals surface area contributed by atoms with E-state index in [9.17, 15) is 9.18 Å². The van der Waals surface area contributed by atoms with Crippen LogP contribution in [0.4, 0.5) is 10.1 Å². The van der Waals surface area contributed by atoms with Gasteiger partial charge in [-0.25, -0.2) is 4.39 Å². The first-order chi connectivity index (χ1) is 10.1. The second-order valence-electron chi connectivity index (χ2n) is 4.52. The van der Waals surface area contributed by atoms with Crippen LogP contribution in [0.15, 0.2) is 42.5 Å². The predicted molar refractivity (Wildman–Crippen MR) is 81.5 cm³/mol. The standard InChI is InChI=1S/C17H15FN2O/c1-12-4-2-6-15(10-12)20-17(21)16-8-7-14(18)11-13(16)5-3-9-19/h2,4,6-8,10-11H,9,19H2,1H3,(H,20,21). The normalized spacial score (nSPS) is 9.67. The van der Waals surface area contributed by atoms with Crippen LogP contribution < -0.4 is 11.1 Å². The van der Waals surface area contributed by atoms with Gasteiger partial charge in [0, 0.05) is 11.3 Å². The lowest BCUT2D eigenvalue weighted by molar-refractivity contribution is 0.102. The van der Waals surface area contributed by atoms with Crippen LogP contribution >= 0.6 is 0 Å². The monoisotopic (exact) mass is 282 g/mol. The molecule has 0 saturated heterocycles. The molecule has 2 rings (SSSR count). The van der Waals surface area contributed by atoms with Crippen LogP contribution in [0, 0.1) is 24.6 Å². The van der Waals surface area contributed by atoms with Crippen LogP contribution in [0.25, 0.3) is 0 Å². The highest BCUT2D eigenvalue weighted by atomic mass is 19.1. The van der Waals surface area contributed by atoms with Gasteiger partial charge in [-0.3, -0.25) is 4.79 Å². The largest absolute Gasteiger partial charge is 0.322 e. The topological polar surface area (TPSA) is 55.1 Å². The van der Waals surface area contributed by atoms with Crippen molar-refractivity contribution in [2.75, 3.05) is 11.9 Å². The summed E-state index contributed by atoms with van der Waals surface area (Å²) in [6, 6.07) is 11.3. The Hall–Kier alpha value is -2.64. The molecule has 1 amide bonds. The number of carbonyl (C=O) groups is 1. The van der Waals surface area contributed by atoms with Crippen molar-refractivity contribution >= 4 is 11.6 Å². The van der Waals surface area contributed by atoms with Gasteiger partial charge in [0.2, 0.25) is 0 Å². The predicted octanol–water partition coefficient (Wildman–Crippen LogP) is 2.70. The van der Waals surface area contributed by atoms with Gasteiger partial charge in [-0.05, 0) is 42.8 Å². The number of hydrogen-bond acceptors (Lipinski definition) is 2. The van der Waals surface area contributed by atoms with Crippen LogP contribution in [-0.4, -0.2) is 12.5 Å². The van der Waals surface area contributed by atoms with Gasteiger partial charge in [-0.1, -0.05) is 24.0 Å². The van der Waals surface area contributed by atoms with Crippen molar-refractivity contribution in [3.63, 3.8) is 0 Å². The van der Waals surface area contributed by atoms with Crippen molar-refractivity contribution in [2.24, 2.45) is 5.73 Å². The number of carbonyl (C=O) groups excluding carboxylic acids is 1. The number of amides is 1. The van der Waals surface area contributed by atoms with Crippen molar-refractivity contribution < 1.29 is 9.18 Å². The Morgan fingerprint density at radius 3 is 2.81 bits per heavy atom. The third-order valence-electron chi connectivity index (χ3n) is 2.83. The Morgan fingerprint density at radius 2 is 2.10 bits per heavy atom. The smallest absolute Gasteiger partial charge is 0.256 e. The van der Waals surface area contributed by atoms with Gasteiger partial charge in [0.05, 0.1) is 12.1 Å². The number of nitrogens with one attached hydrogen (secondary N) is 1. The number of halogens is 1. The summed E-state index contributed by atoms with van der Waals surface area (Å²) in [6.45, 7) is 2.08. The van der Waals surface area contributed by atoms with E-state index in [1.165, 1.54) is 18.2 Å². The molecule has 0 fully saturated rings. The van der Waals surface area contributed by atoms with Gasteiger partial charge in [-0.2, -0.15) is 0 Å². The zero-order chi connectivity index (χ0) is 15.2. The van der Waals surface area contributed by atoms with Gasteiger partial charge in [0.1, 0.15) is 5.82 Å². The fourth-order valence-corrected chi connectivity index (χ4v) is 1.89. The van der Waals surface area contributed by atoms with Crippen molar-refractivity contribution in [2.45, 2.75) is 6.92 Å². The number of hydrogen-bond donors (Lipinski definition) is 2. The minimum Gasteiger partial charge on any atom is -0.322 e. The van der Waals surface area contributed by atoms with Gasteiger partial charge in [0.15, 0.2) is 0 Å². The first-order valence-corrected chi connectivity index (χ1v) is 6.46. The summed E-state index contributed by atoms with van der Waals surface area (Å²) in [5, 5.41) is 2.77. The lowest BCUT2D eigenvalue weighted by Crippen LogP contribution is -2.14. The third kappa shape index (κ3) is 3.91. The summed E-state index contributed by atoms with van der Waals surface area (Å²) in [4.78, 5) is 12.3. The minimum atomic E-state index is -0.441. The van der Waals surface area contributed by atoms with E-state index in [2.05, 4.69) is 17.2 Å². The number of benzene rings is 2. The molecule has 21 heavy (non-hydrogen) atoms. The number of aryl methyl sites for hydroxylation is 1. The molecule has 0 spiro atoms. The molecular formula is C17H15FN2O. The molecule has 0 radical (unpaired) electrons. The van der Waals surface area contributed by atoms with Crippen LogP contribution in [0.3, 0.4) is 0 Å². The number of anilines is 1. The number of rotatable bonds is 2. The van der Waals surface area contributed by atoms with Crippen LogP contribution in [0.5, 0.6) is 0 Å². The SMILES string of the molecule is Cc1cccc(NC(=O)c2ccc(F)cc2C#CCN)c1. The fourth-order valence-electron chi connectivity index (χ4n) is 1.89. The van der Waals surface area contributed by atoms with Crippen molar-refractivity contribution in [3.8, 4) is 11.8 Å². The Labute approximate surface area is 123 Å². The average Bonchev–Trinajstić information content (AvgIpc) is 2.45. The summed E-state index contributed by atoms with van der Waals surface area (Å²) < 4.78 is 13.3. The molecule has 0 saturated carbocycles. The Kier molecular flexibility index (Phi) is 4.70. The zero-order valence-corrected chi connectivity index (χ0v) is 11.6. The van der Waals surface area contributed by atoms with Gasteiger partial charge >= 0.3 is 0 Å². The lowest BCUT2D eigenvalue weighted by atomic mass is 10.1. The van der Waals surface area contributed by atoms with E-state index in [4.69, 9.17) is 5.73 Å². The molecule has 0 aliphatic heterocycles. The van der Waals surface area contributed by atoms with Crippen molar-refractivity contribution in [1.82, 2.24) is 0 Å². The molecule has 4 heteroatoms. The summed E-state index contributed by atoms with van der Waals surface area (Å²) in [6.07, 6.45) is 0. The van der Waals surface area contributed by atoms with Gasteiger partial charge < -0.3 is 11.1 Å². The quantitative estimate of drug-likeness (QED) is 0.832. The second kappa shape index (κ2) is 6.69. The van der Waals surface area contributed by atoms with Gasteiger partial charge in [-0.15, -0.1) is 0 Å². The van der Waals surface area contributed by atoms with Crippen LogP contribution in [0.2, 0.25) is 0 Å². The Balaban J connectivity index is 2.30. The molecule has 106 valence electrons. The molecule has 2 aromatic carbocycles. The maximum atomic E-state index is 13.3. The first-order valence-electron chi connectivity index (χ1n) is 6.46. The summed E-state index contributed by atoms with van der Waals surface area (Å²) in [7, 11) is 0. The molecule has 0 aromatic heterocycles. The second-order valence-corrected chi connectivity index (χ2v) is 4.52. The molecule has 0 aliphatic carbocycles. The number of nitrogens with two attached hydrogens (primary N) is 1. The van der Waals surface area contributed by atoms with Crippen LogP contribution in [-0.2, 0) is 0 Å². The highest BCUT2D eigenvalue weighted by molar-refractivity contribution is 6.06. The molecule has 3 N–H and O–H groups in total. The van der Waals surface area contributed by atoms with Gasteiger partial charge in [0.25, 0.3) is 5.91 Å². The molecule has 0 bridgehead atoms. The van der Waals surface area contributed by atoms with Crippen molar-refractivity contribution in [1.29, 1.82) is 0 Å². The Morgan fingerprint density at radius 1 is 1.29 bits per heavy atom. The fraction of sp³-hybridized carbons (Fsp3) is 0.118. The highest BCUT2D eigenvalue weighted by Crippen LogP contribution is 2.15. The third-order valence-corrected chi connectivity index (χ3v) is 2.83. The maximum absolute atomic E-state index is 13.3. The van der Waals surface area contributed by atoms with E-state index < -0.39 is 5.82 Å². The molecular weight excluding hydrogens is 267 g/mol. The Bertz CT molecular complexity index is 729. The van der Waals surface area contributed by atoms with Crippen molar-refractivity contribution in [3.05, 3.63) is 65.0 Å². The first kappa shape index (κ1) is 14.8. The molecule has 0 heterocycles. The zero-order valence-electron chi connectivity index (χ0n) is 11.6. The molecule has 2 aromatic rings. The molecule has 3 nitrogen and oxygen atoms in total. The van der Waals surface area contributed by atoms with E-state index in [0.29, 0.717) is 16.8 Å². The molecule has 0 unspecified atom stereocenters. The maximum Gasteiger partial charge on any atom is 0.256 e. The van der Waals surface area contributed by atoms with E-state index in [-0.39, 0.29) is 12.5 Å². The van der Waals surface area contributed by atoms with E-state index in [0.717, 1.165) is 5.56 Å². The van der Waals surface area contributed by atoms with E-state index in [1.807, 2.05) is 25.1 Å². The van der Waals surface area contributed by atoms with Crippen LogP contribution in [0.1, 0.15) is 21.5 Å². The van der Waals surface area contributed by atoms with E-state index in [1.54, 1.807) is 6.07 Å². The molecule has 0 aliphatic rings. The highest BCUT2D eigenvalue weighted by Gasteiger charge is 2.11. The lowest BCUT2D eigenvalue weighted by Gasteiger charge is -2.08. The van der Waals surface area contributed by atoms with E-state index >= 15 is 0 Å². The summed E-state index contributed by atoms with van der Waals surface area (Å²) in [5.74, 6) is 4.57. The summed E-state index contributed by atoms with van der Waals surface area (Å²) in [5.41, 5.74) is 7.68. The molecule has 0 atom stereocenters. The minimum absolute atomic E-state index is 0.148. The summed E-state index contributed by atoms with van der Waals surface area (Å²) >= 11 is 0. The average molecular weight is 282 g/mol.